The van der Waals surface area contributed by atoms with E-state index in [1.807, 2.05) is 0 Å². The number of benzene rings is 1. The largest absolute Gasteiger partial charge is 0.496 e. The summed E-state index contributed by atoms with van der Waals surface area (Å²) >= 11 is 3.15. The summed E-state index contributed by atoms with van der Waals surface area (Å²) in [5, 5.41) is 0. The average molecular weight is 280 g/mol. The lowest BCUT2D eigenvalue weighted by molar-refractivity contribution is -0.0128. The molecule has 2 N–H and O–H groups in total. The van der Waals surface area contributed by atoms with Crippen LogP contribution in [-0.4, -0.2) is 13.7 Å². The third kappa shape index (κ3) is 2.89. The molecule has 0 aliphatic heterocycles. The Morgan fingerprint density at radius 3 is 2.67 bits per heavy atom. The van der Waals surface area contributed by atoms with Crippen molar-refractivity contribution in [2.45, 2.75) is 12.3 Å². The summed E-state index contributed by atoms with van der Waals surface area (Å²) in [6.45, 7) is -0.0668. The molecule has 1 rings (SSSR count). The Balaban J connectivity index is 3.15. The highest BCUT2D eigenvalue weighted by molar-refractivity contribution is 9.10. The second kappa shape index (κ2) is 4.90. The maximum Gasteiger partial charge on any atom is 0.278 e. The van der Waals surface area contributed by atoms with Crippen molar-refractivity contribution in [2.24, 2.45) is 5.73 Å². The molecule has 0 saturated carbocycles. The number of alkyl halides is 2. The van der Waals surface area contributed by atoms with Crippen molar-refractivity contribution in [3.8, 4) is 5.75 Å². The second-order valence-electron chi connectivity index (χ2n) is 3.09. The SMILES string of the molecule is COc1ccc(Br)cc1C(F)(F)CCN. The smallest absolute Gasteiger partial charge is 0.278 e. The predicted octanol–water partition coefficient (Wildman–Crippen LogP) is 2.90. The molecule has 0 aromatic heterocycles. The van der Waals surface area contributed by atoms with Crippen molar-refractivity contribution in [3.05, 3.63) is 28.2 Å². The molecule has 1 aromatic carbocycles. The van der Waals surface area contributed by atoms with Crippen LogP contribution in [0.4, 0.5) is 8.78 Å². The zero-order valence-corrected chi connectivity index (χ0v) is 9.85. The van der Waals surface area contributed by atoms with Gasteiger partial charge >= 0.3 is 0 Å². The summed E-state index contributed by atoms with van der Waals surface area (Å²) in [4.78, 5) is 0. The first-order valence-corrected chi connectivity index (χ1v) is 5.22. The van der Waals surface area contributed by atoms with Crippen LogP contribution in [0.3, 0.4) is 0 Å². The predicted molar refractivity (Wildman–Crippen MR) is 58.3 cm³/mol. The molecule has 0 heterocycles. The molecule has 0 spiro atoms. The van der Waals surface area contributed by atoms with Crippen LogP contribution in [-0.2, 0) is 5.92 Å². The van der Waals surface area contributed by atoms with E-state index in [0.29, 0.717) is 4.47 Å². The lowest BCUT2D eigenvalue weighted by atomic mass is 10.0. The van der Waals surface area contributed by atoms with E-state index < -0.39 is 5.92 Å². The van der Waals surface area contributed by atoms with Crippen molar-refractivity contribution in [3.63, 3.8) is 0 Å². The third-order valence-corrected chi connectivity index (χ3v) is 2.51. The number of hydrogen-bond acceptors (Lipinski definition) is 2. The standard InChI is InChI=1S/C10H12BrF2NO/c1-15-9-3-2-7(11)6-8(9)10(12,13)4-5-14/h2-3,6H,4-5,14H2,1H3. The van der Waals surface area contributed by atoms with Crippen LogP contribution in [0.2, 0.25) is 0 Å². The van der Waals surface area contributed by atoms with Crippen LogP contribution in [0.15, 0.2) is 22.7 Å². The zero-order valence-electron chi connectivity index (χ0n) is 8.27. The van der Waals surface area contributed by atoms with Crippen molar-refractivity contribution in [1.82, 2.24) is 0 Å². The number of nitrogens with two attached hydrogens (primary N) is 1. The number of ether oxygens (including phenoxy) is 1. The summed E-state index contributed by atoms with van der Waals surface area (Å²) in [5.41, 5.74) is 5.01. The van der Waals surface area contributed by atoms with Gasteiger partial charge in [0.25, 0.3) is 5.92 Å². The van der Waals surface area contributed by atoms with Gasteiger partial charge in [0.2, 0.25) is 0 Å². The van der Waals surface area contributed by atoms with Crippen LogP contribution < -0.4 is 10.5 Å². The van der Waals surface area contributed by atoms with Gasteiger partial charge in [0.15, 0.2) is 0 Å². The minimum Gasteiger partial charge on any atom is -0.496 e. The fourth-order valence-electron chi connectivity index (χ4n) is 1.28. The fourth-order valence-corrected chi connectivity index (χ4v) is 1.64. The van der Waals surface area contributed by atoms with Gasteiger partial charge in [-0.05, 0) is 24.7 Å². The maximum atomic E-state index is 13.6. The molecule has 0 bridgehead atoms. The molecule has 0 radical (unpaired) electrons. The van der Waals surface area contributed by atoms with E-state index in [1.165, 1.54) is 19.2 Å². The highest BCUT2D eigenvalue weighted by atomic mass is 79.9. The molecule has 84 valence electrons. The zero-order chi connectivity index (χ0) is 11.5. The maximum absolute atomic E-state index is 13.6. The van der Waals surface area contributed by atoms with Crippen molar-refractivity contribution in [1.29, 1.82) is 0 Å². The molecule has 15 heavy (non-hydrogen) atoms. The Morgan fingerprint density at radius 1 is 1.47 bits per heavy atom. The molecule has 0 aliphatic rings. The number of halogens is 3. The number of rotatable bonds is 4. The molecular weight excluding hydrogens is 268 g/mol. The fraction of sp³-hybridized carbons (Fsp3) is 0.400. The van der Waals surface area contributed by atoms with Gasteiger partial charge in [0.05, 0.1) is 12.7 Å². The summed E-state index contributed by atoms with van der Waals surface area (Å²) < 4.78 is 32.7. The first-order chi connectivity index (χ1) is 7.01. The molecule has 0 aliphatic carbocycles. The topological polar surface area (TPSA) is 35.2 Å². The molecule has 0 saturated heterocycles. The molecule has 2 nitrogen and oxygen atoms in total. The van der Waals surface area contributed by atoms with Crippen molar-refractivity contribution < 1.29 is 13.5 Å². The van der Waals surface area contributed by atoms with E-state index in [-0.39, 0.29) is 24.3 Å². The molecule has 1 aromatic rings. The van der Waals surface area contributed by atoms with Gasteiger partial charge in [0, 0.05) is 10.9 Å². The van der Waals surface area contributed by atoms with Crippen LogP contribution in [0.25, 0.3) is 0 Å². The first kappa shape index (κ1) is 12.4. The van der Waals surface area contributed by atoms with Gasteiger partial charge in [-0.15, -0.1) is 0 Å². The van der Waals surface area contributed by atoms with E-state index in [4.69, 9.17) is 10.5 Å². The Kier molecular flexibility index (Phi) is 4.04. The first-order valence-electron chi connectivity index (χ1n) is 4.43. The van der Waals surface area contributed by atoms with Gasteiger partial charge < -0.3 is 10.5 Å². The van der Waals surface area contributed by atoms with Gasteiger partial charge in [-0.1, -0.05) is 15.9 Å². The molecule has 0 amide bonds. The molecule has 5 heteroatoms. The van der Waals surface area contributed by atoms with Gasteiger partial charge in [-0.25, -0.2) is 8.78 Å². The van der Waals surface area contributed by atoms with E-state index in [1.54, 1.807) is 6.07 Å². The number of hydrogen-bond donors (Lipinski definition) is 1. The summed E-state index contributed by atoms with van der Waals surface area (Å²) in [7, 11) is 1.37. The monoisotopic (exact) mass is 279 g/mol. The summed E-state index contributed by atoms with van der Waals surface area (Å²) in [6, 6.07) is 4.51. The Hall–Kier alpha value is -0.680. The Bertz CT molecular complexity index is 344. The minimum atomic E-state index is -2.95. The summed E-state index contributed by atoms with van der Waals surface area (Å²) in [5.74, 6) is -2.78. The number of methoxy groups -OCH3 is 1. The van der Waals surface area contributed by atoms with Crippen LogP contribution >= 0.6 is 15.9 Å². The van der Waals surface area contributed by atoms with E-state index >= 15 is 0 Å². The van der Waals surface area contributed by atoms with E-state index in [9.17, 15) is 8.78 Å². The van der Waals surface area contributed by atoms with Gasteiger partial charge in [-0.2, -0.15) is 0 Å². The second-order valence-corrected chi connectivity index (χ2v) is 4.00. The normalized spacial score (nSPS) is 11.5. The Morgan fingerprint density at radius 2 is 2.13 bits per heavy atom. The Labute approximate surface area is 95.5 Å². The van der Waals surface area contributed by atoms with Gasteiger partial charge in [0.1, 0.15) is 5.75 Å². The molecule has 0 fully saturated rings. The lowest BCUT2D eigenvalue weighted by Gasteiger charge is -2.18. The quantitative estimate of drug-likeness (QED) is 0.920. The van der Waals surface area contributed by atoms with Crippen molar-refractivity contribution in [2.75, 3.05) is 13.7 Å². The molecule has 0 atom stereocenters. The highest BCUT2D eigenvalue weighted by Crippen LogP contribution is 2.38. The minimum absolute atomic E-state index is 0.0668. The van der Waals surface area contributed by atoms with E-state index in [0.717, 1.165) is 0 Å². The lowest BCUT2D eigenvalue weighted by Crippen LogP contribution is -2.19. The highest BCUT2D eigenvalue weighted by Gasteiger charge is 2.33. The van der Waals surface area contributed by atoms with Crippen LogP contribution in [0.1, 0.15) is 12.0 Å². The van der Waals surface area contributed by atoms with Crippen molar-refractivity contribution >= 4 is 15.9 Å². The van der Waals surface area contributed by atoms with Gasteiger partial charge in [-0.3, -0.25) is 0 Å². The van der Waals surface area contributed by atoms with Crippen LogP contribution in [0, 0.1) is 0 Å². The van der Waals surface area contributed by atoms with Crippen LogP contribution in [0.5, 0.6) is 5.75 Å². The van der Waals surface area contributed by atoms with E-state index in [2.05, 4.69) is 15.9 Å². The summed E-state index contributed by atoms with van der Waals surface area (Å²) in [6.07, 6.45) is -0.389. The molecule has 0 unspecified atom stereocenters. The average Bonchev–Trinajstić information content (AvgIpc) is 2.17. The third-order valence-electron chi connectivity index (χ3n) is 2.01. The molecular formula is C10H12BrF2NO.